The van der Waals surface area contributed by atoms with E-state index in [0.29, 0.717) is 12.8 Å². The number of carbonyl (C=O) groups is 5. The standard InChI is InChI=1S/C30H39N3O11/c1-40-23-16-20(17-24(41-2)26(23)42-3)27(36)32-21(13-14-25(34)35)28(37)33-22(29(38)43-4)12-8-9-15-31-30(39)44-18-19-10-6-5-7-11-19/h5-7,10-11,16-17,21-22H,8-9,12-15,18H2,1-4H3,(H,31,39)(H,32,36)(H,33,37)(H,34,35)/t21-,22+/m1/s1. The zero-order chi connectivity index (χ0) is 32.5. The minimum atomic E-state index is -1.30. The fourth-order valence-corrected chi connectivity index (χ4v) is 4.09. The Hall–Kier alpha value is -5.01. The summed E-state index contributed by atoms with van der Waals surface area (Å²) in [5, 5.41) is 16.9. The molecule has 2 aromatic rings. The molecule has 2 aromatic carbocycles. The molecule has 0 aliphatic rings. The summed E-state index contributed by atoms with van der Waals surface area (Å²) >= 11 is 0. The normalized spacial score (nSPS) is 11.7. The highest BCUT2D eigenvalue weighted by Crippen LogP contribution is 2.38. The number of hydrogen-bond acceptors (Lipinski definition) is 10. The molecule has 14 heteroatoms. The average Bonchev–Trinajstić information content (AvgIpc) is 3.03. The van der Waals surface area contributed by atoms with Crippen LogP contribution in [0, 0.1) is 0 Å². The van der Waals surface area contributed by atoms with Gasteiger partial charge in [-0.2, -0.15) is 0 Å². The number of benzene rings is 2. The van der Waals surface area contributed by atoms with Crippen molar-refractivity contribution < 1.29 is 52.8 Å². The van der Waals surface area contributed by atoms with Gasteiger partial charge in [0.25, 0.3) is 5.91 Å². The highest BCUT2D eigenvalue weighted by molar-refractivity contribution is 5.99. The molecule has 0 bridgehead atoms. The summed E-state index contributed by atoms with van der Waals surface area (Å²) in [7, 11) is 5.33. The molecule has 14 nitrogen and oxygen atoms in total. The van der Waals surface area contributed by atoms with Crippen LogP contribution in [0.2, 0.25) is 0 Å². The summed E-state index contributed by atoms with van der Waals surface area (Å²) in [4.78, 5) is 61.9. The van der Waals surface area contributed by atoms with Crippen LogP contribution in [-0.2, 0) is 30.5 Å². The molecule has 0 aliphatic carbocycles. The number of carbonyl (C=O) groups excluding carboxylic acids is 4. The molecule has 3 amide bonds. The smallest absolute Gasteiger partial charge is 0.407 e. The molecule has 0 aromatic heterocycles. The Labute approximate surface area is 255 Å². The van der Waals surface area contributed by atoms with Crippen molar-refractivity contribution in [3.63, 3.8) is 0 Å². The van der Waals surface area contributed by atoms with Gasteiger partial charge in [0, 0.05) is 18.5 Å². The number of esters is 1. The van der Waals surface area contributed by atoms with E-state index >= 15 is 0 Å². The van der Waals surface area contributed by atoms with E-state index in [1.807, 2.05) is 30.3 Å². The Bertz CT molecular complexity index is 1250. The van der Waals surface area contributed by atoms with Gasteiger partial charge in [-0.15, -0.1) is 0 Å². The van der Waals surface area contributed by atoms with Crippen LogP contribution in [0.3, 0.4) is 0 Å². The quantitative estimate of drug-likeness (QED) is 0.142. The lowest BCUT2D eigenvalue weighted by Gasteiger charge is -2.22. The van der Waals surface area contributed by atoms with Crippen molar-refractivity contribution in [2.45, 2.75) is 50.8 Å². The number of hydrogen-bond donors (Lipinski definition) is 4. The fourth-order valence-electron chi connectivity index (χ4n) is 4.09. The third kappa shape index (κ3) is 11.3. The van der Waals surface area contributed by atoms with Crippen molar-refractivity contribution in [1.82, 2.24) is 16.0 Å². The number of ether oxygens (including phenoxy) is 5. The Morgan fingerprint density at radius 3 is 2.05 bits per heavy atom. The summed E-state index contributed by atoms with van der Waals surface area (Å²) in [6.45, 7) is 0.393. The van der Waals surface area contributed by atoms with Crippen LogP contribution in [-0.4, -0.2) is 82.0 Å². The van der Waals surface area contributed by atoms with Crippen molar-refractivity contribution in [2.24, 2.45) is 0 Å². The summed E-state index contributed by atoms with van der Waals surface area (Å²) in [6, 6.07) is 9.58. The third-order valence-electron chi connectivity index (χ3n) is 6.40. The lowest BCUT2D eigenvalue weighted by atomic mass is 10.1. The van der Waals surface area contributed by atoms with Crippen LogP contribution in [0.4, 0.5) is 4.79 Å². The van der Waals surface area contributed by atoms with E-state index < -0.39 is 48.4 Å². The monoisotopic (exact) mass is 617 g/mol. The average molecular weight is 618 g/mol. The Morgan fingerprint density at radius 1 is 0.818 bits per heavy atom. The topological polar surface area (TPSA) is 188 Å². The molecular formula is C30H39N3O11. The summed E-state index contributed by atoms with van der Waals surface area (Å²) in [6.07, 6.45) is -0.231. The van der Waals surface area contributed by atoms with Gasteiger partial charge >= 0.3 is 18.0 Å². The molecule has 2 atom stereocenters. The molecule has 0 fully saturated rings. The second kappa shape index (κ2) is 18.5. The van der Waals surface area contributed by atoms with E-state index in [9.17, 15) is 29.1 Å². The molecule has 0 heterocycles. The van der Waals surface area contributed by atoms with E-state index in [0.717, 1.165) is 5.56 Å². The maximum Gasteiger partial charge on any atom is 0.407 e. The van der Waals surface area contributed by atoms with Gasteiger partial charge in [-0.1, -0.05) is 30.3 Å². The Morgan fingerprint density at radius 2 is 1.48 bits per heavy atom. The van der Waals surface area contributed by atoms with Crippen LogP contribution in [0.15, 0.2) is 42.5 Å². The largest absolute Gasteiger partial charge is 0.493 e. The maximum absolute atomic E-state index is 13.2. The van der Waals surface area contributed by atoms with Crippen molar-refractivity contribution in [3.8, 4) is 17.2 Å². The first kappa shape index (κ1) is 35.2. The predicted molar refractivity (Wildman–Crippen MR) is 157 cm³/mol. The van der Waals surface area contributed by atoms with Crippen LogP contribution in [0.1, 0.15) is 48.0 Å². The first-order valence-electron chi connectivity index (χ1n) is 13.8. The van der Waals surface area contributed by atoms with E-state index in [1.165, 1.54) is 40.6 Å². The number of aliphatic carboxylic acids is 1. The molecular weight excluding hydrogens is 578 g/mol. The predicted octanol–water partition coefficient (Wildman–Crippen LogP) is 2.43. The molecule has 4 N–H and O–H groups in total. The van der Waals surface area contributed by atoms with E-state index in [-0.39, 0.29) is 48.8 Å². The lowest BCUT2D eigenvalue weighted by molar-refractivity contribution is -0.145. The van der Waals surface area contributed by atoms with Crippen LogP contribution in [0.25, 0.3) is 0 Å². The highest BCUT2D eigenvalue weighted by atomic mass is 16.5. The summed E-state index contributed by atoms with van der Waals surface area (Å²) < 4.78 is 25.8. The van der Waals surface area contributed by atoms with Gasteiger partial charge < -0.3 is 44.7 Å². The minimum absolute atomic E-state index is 0.0620. The summed E-state index contributed by atoms with van der Waals surface area (Å²) in [5.74, 6) is -2.72. The number of carboxylic acids is 1. The van der Waals surface area contributed by atoms with Crippen LogP contribution >= 0.6 is 0 Å². The van der Waals surface area contributed by atoms with Gasteiger partial charge in [0.2, 0.25) is 11.7 Å². The Balaban J connectivity index is 2.00. The van der Waals surface area contributed by atoms with Gasteiger partial charge in [0.1, 0.15) is 18.7 Å². The van der Waals surface area contributed by atoms with Crippen molar-refractivity contribution >= 4 is 29.8 Å². The van der Waals surface area contributed by atoms with Crippen LogP contribution < -0.4 is 30.2 Å². The molecule has 44 heavy (non-hydrogen) atoms. The number of amides is 3. The first-order chi connectivity index (χ1) is 21.1. The molecule has 2 rings (SSSR count). The molecule has 240 valence electrons. The number of unbranched alkanes of at least 4 members (excludes halogenated alkanes) is 1. The SMILES string of the molecule is COC(=O)[C@H](CCCCNC(=O)OCc1ccccc1)NC(=O)[C@@H](CCC(=O)O)NC(=O)c1cc(OC)c(OC)c(OC)c1. The van der Waals surface area contributed by atoms with Crippen molar-refractivity contribution in [1.29, 1.82) is 0 Å². The number of alkyl carbamates (subject to hydrolysis) is 1. The number of methoxy groups -OCH3 is 4. The minimum Gasteiger partial charge on any atom is -0.493 e. The summed E-state index contributed by atoms with van der Waals surface area (Å²) in [5.41, 5.74) is 0.910. The molecule has 0 saturated heterocycles. The number of rotatable bonds is 18. The highest BCUT2D eigenvalue weighted by Gasteiger charge is 2.28. The lowest BCUT2D eigenvalue weighted by Crippen LogP contribution is -2.52. The van der Waals surface area contributed by atoms with Gasteiger partial charge in [-0.25, -0.2) is 9.59 Å². The second-order valence-corrected chi connectivity index (χ2v) is 9.44. The molecule has 0 aliphatic heterocycles. The first-order valence-corrected chi connectivity index (χ1v) is 13.8. The number of carboxylic acid groups (broad SMARTS) is 1. The maximum atomic E-state index is 13.2. The van der Waals surface area contributed by atoms with Crippen LogP contribution in [0.5, 0.6) is 17.2 Å². The Kier molecular flexibility index (Phi) is 14.8. The van der Waals surface area contributed by atoms with Gasteiger partial charge in [-0.3, -0.25) is 14.4 Å². The van der Waals surface area contributed by atoms with Gasteiger partial charge in [0.05, 0.1) is 28.4 Å². The van der Waals surface area contributed by atoms with Crippen molar-refractivity contribution in [2.75, 3.05) is 35.0 Å². The van der Waals surface area contributed by atoms with Gasteiger partial charge in [-0.05, 0) is 43.4 Å². The van der Waals surface area contributed by atoms with E-state index in [1.54, 1.807) is 0 Å². The zero-order valence-electron chi connectivity index (χ0n) is 25.2. The molecule has 0 spiro atoms. The van der Waals surface area contributed by atoms with Crippen molar-refractivity contribution in [3.05, 3.63) is 53.6 Å². The molecule has 0 saturated carbocycles. The molecule has 0 radical (unpaired) electrons. The number of nitrogens with one attached hydrogen (secondary N) is 3. The molecule has 0 unspecified atom stereocenters. The third-order valence-corrected chi connectivity index (χ3v) is 6.40. The fraction of sp³-hybridized carbons (Fsp3) is 0.433. The van der Waals surface area contributed by atoms with Gasteiger partial charge in [0.15, 0.2) is 11.5 Å². The van der Waals surface area contributed by atoms with E-state index in [2.05, 4.69) is 16.0 Å². The zero-order valence-corrected chi connectivity index (χ0v) is 25.2. The second-order valence-electron chi connectivity index (χ2n) is 9.44. The van der Waals surface area contributed by atoms with E-state index in [4.69, 9.17) is 23.7 Å².